The van der Waals surface area contributed by atoms with Crippen LogP contribution in [0.1, 0.15) is 16.7 Å². The van der Waals surface area contributed by atoms with Gasteiger partial charge in [-0.1, -0.05) is 0 Å². The van der Waals surface area contributed by atoms with Crippen LogP contribution in [-0.2, 0) is 11.2 Å². The maximum atomic E-state index is 10.4. The minimum Gasteiger partial charge on any atom is -0.507 e. The first-order valence-electron chi connectivity index (χ1n) is 3.99. The molecule has 0 saturated heterocycles. The van der Waals surface area contributed by atoms with E-state index in [0.717, 1.165) is 0 Å². The summed E-state index contributed by atoms with van der Waals surface area (Å²) in [7, 11) is 0. The monoisotopic (exact) mass is 191 g/mol. The highest BCUT2D eigenvalue weighted by atomic mass is 16.4. The summed E-state index contributed by atoms with van der Waals surface area (Å²) in [5, 5.41) is 26.7. The number of carboxylic acid groups (broad SMARTS) is 1. The lowest BCUT2D eigenvalue weighted by Crippen LogP contribution is -2.01. The molecule has 0 spiro atoms. The van der Waals surface area contributed by atoms with E-state index < -0.39 is 5.97 Å². The first kappa shape index (κ1) is 10.1. The molecule has 0 amide bonds. The number of hydrogen-bond donors (Lipinski definition) is 2. The van der Waals surface area contributed by atoms with Gasteiger partial charge in [0, 0.05) is 5.56 Å². The molecule has 0 aliphatic heterocycles. The van der Waals surface area contributed by atoms with Gasteiger partial charge < -0.3 is 10.2 Å². The van der Waals surface area contributed by atoms with Crippen LogP contribution in [0.4, 0.5) is 0 Å². The second-order valence-corrected chi connectivity index (χ2v) is 2.98. The standard InChI is InChI=1S/C10H9NO3/c1-6-2-7(5-11)3-8(10(6)14)4-9(12)13/h2-3,14H,4H2,1H3,(H,12,13). The van der Waals surface area contributed by atoms with E-state index in [-0.39, 0.29) is 17.7 Å². The topological polar surface area (TPSA) is 81.3 Å². The van der Waals surface area contributed by atoms with Gasteiger partial charge in [0.2, 0.25) is 0 Å². The number of benzene rings is 1. The fourth-order valence-corrected chi connectivity index (χ4v) is 1.21. The number of aromatic hydroxyl groups is 1. The molecule has 1 aromatic carbocycles. The van der Waals surface area contributed by atoms with Crippen LogP contribution in [0.25, 0.3) is 0 Å². The second kappa shape index (κ2) is 3.79. The summed E-state index contributed by atoms with van der Waals surface area (Å²) in [6.45, 7) is 1.63. The van der Waals surface area contributed by atoms with Crippen LogP contribution in [0.3, 0.4) is 0 Å². The average Bonchev–Trinajstić information content (AvgIpc) is 2.11. The van der Waals surface area contributed by atoms with Gasteiger partial charge in [0.1, 0.15) is 5.75 Å². The number of aryl methyl sites for hydroxylation is 1. The van der Waals surface area contributed by atoms with Crippen LogP contribution in [0.2, 0.25) is 0 Å². The zero-order valence-electron chi connectivity index (χ0n) is 7.61. The van der Waals surface area contributed by atoms with Crippen LogP contribution in [0.15, 0.2) is 12.1 Å². The minimum atomic E-state index is -1.03. The van der Waals surface area contributed by atoms with Crippen molar-refractivity contribution in [3.05, 3.63) is 28.8 Å². The number of rotatable bonds is 2. The number of phenols is 1. The SMILES string of the molecule is Cc1cc(C#N)cc(CC(=O)O)c1O. The van der Waals surface area contributed by atoms with Crippen molar-refractivity contribution < 1.29 is 15.0 Å². The quantitative estimate of drug-likeness (QED) is 0.735. The van der Waals surface area contributed by atoms with Gasteiger partial charge in [-0.05, 0) is 24.6 Å². The zero-order chi connectivity index (χ0) is 10.7. The lowest BCUT2D eigenvalue weighted by Gasteiger charge is -2.05. The Kier molecular flexibility index (Phi) is 2.73. The Labute approximate surface area is 81.0 Å². The molecule has 0 unspecified atom stereocenters. The first-order valence-corrected chi connectivity index (χ1v) is 3.99. The molecule has 0 atom stereocenters. The van der Waals surface area contributed by atoms with Gasteiger partial charge in [0.05, 0.1) is 18.1 Å². The molecular formula is C10H9NO3. The predicted octanol–water partition coefficient (Wildman–Crippen LogP) is 1.20. The normalized spacial score (nSPS) is 9.43. The van der Waals surface area contributed by atoms with Crippen molar-refractivity contribution >= 4 is 5.97 Å². The maximum Gasteiger partial charge on any atom is 0.307 e. The summed E-state index contributed by atoms with van der Waals surface area (Å²) in [6.07, 6.45) is -0.276. The summed E-state index contributed by atoms with van der Waals surface area (Å²) in [4.78, 5) is 10.4. The highest BCUT2D eigenvalue weighted by Crippen LogP contribution is 2.24. The molecule has 1 rings (SSSR count). The number of phenolic OH excluding ortho intramolecular Hbond substituents is 1. The molecule has 1 aromatic rings. The molecule has 72 valence electrons. The van der Waals surface area contributed by atoms with Gasteiger partial charge >= 0.3 is 5.97 Å². The molecule has 0 aliphatic rings. The maximum absolute atomic E-state index is 10.4. The van der Waals surface area contributed by atoms with Crippen molar-refractivity contribution in [3.63, 3.8) is 0 Å². The van der Waals surface area contributed by atoms with Gasteiger partial charge in [-0.3, -0.25) is 4.79 Å². The van der Waals surface area contributed by atoms with Crippen LogP contribution in [0, 0.1) is 18.3 Å². The van der Waals surface area contributed by atoms with Gasteiger partial charge in [-0.2, -0.15) is 5.26 Å². The summed E-state index contributed by atoms with van der Waals surface area (Å²) >= 11 is 0. The zero-order valence-corrected chi connectivity index (χ0v) is 7.61. The third-order valence-corrected chi connectivity index (χ3v) is 1.85. The molecule has 0 aliphatic carbocycles. The van der Waals surface area contributed by atoms with Gasteiger partial charge in [-0.25, -0.2) is 0 Å². The lowest BCUT2D eigenvalue weighted by atomic mass is 10.0. The molecule has 0 heterocycles. The van der Waals surface area contributed by atoms with Crippen molar-refractivity contribution in [1.82, 2.24) is 0 Å². The van der Waals surface area contributed by atoms with Crippen LogP contribution in [-0.4, -0.2) is 16.2 Å². The third-order valence-electron chi connectivity index (χ3n) is 1.85. The van der Waals surface area contributed by atoms with Gasteiger partial charge in [-0.15, -0.1) is 0 Å². The molecule has 0 saturated carbocycles. The highest BCUT2D eigenvalue weighted by molar-refractivity contribution is 5.72. The summed E-state index contributed by atoms with van der Waals surface area (Å²) in [5.74, 6) is -1.08. The Bertz CT molecular complexity index is 418. The van der Waals surface area contributed by atoms with E-state index in [9.17, 15) is 9.90 Å². The van der Waals surface area contributed by atoms with E-state index in [0.29, 0.717) is 11.1 Å². The number of hydrogen-bond acceptors (Lipinski definition) is 3. The van der Waals surface area contributed by atoms with E-state index in [4.69, 9.17) is 10.4 Å². The summed E-state index contributed by atoms with van der Waals surface area (Å²) < 4.78 is 0. The first-order chi connectivity index (χ1) is 6.54. The van der Waals surface area contributed by atoms with Gasteiger partial charge in [0.25, 0.3) is 0 Å². The molecule has 0 bridgehead atoms. The van der Waals surface area contributed by atoms with E-state index in [2.05, 4.69) is 0 Å². The molecule has 4 nitrogen and oxygen atoms in total. The molecular weight excluding hydrogens is 182 g/mol. The van der Waals surface area contributed by atoms with E-state index in [1.165, 1.54) is 12.1 Å². The van der Waals surface area contributed by atoms with Crippen molar-refractivity contribution in [3.8, 4) is 11.8 Å². The lowest BCUT2D eigenvalue weighted by molar-refractivity contribution is -0.136. The van der Waals surface area contributed by atoms with Crippen LogP contribution in [0.5, 0.6) is 5.75 Å². The Morgan fingerprint density at radius 1 is 1.57 bits per heavy atom. The molecule has 0 aromatic heterocycles. The Hall–Kier alpha value is -2.02. The second-order valence-electron chi connectivity index (χ2n) is 2.98. The molecule has 4 heteroatoms. The smallest absolute Gasteiger partial charge is 0.307 e. The molecule has 14 heavy (non-hydrogen) atoms. The van der Waals surface area contributed by atoms with E-state index >= 15 is 0 Å². The summed E-state index contributed by atoms with van der Waals surface area (Å²) in [5.41, 5.74) is 1.14. The predicted molar refractivity (Wildman–Crippen MR) is 48.9 cm³/mol. The van der Waals surface area contributed by atoms with Crippen molar-refractivity contribution in [2.75, 3.05) is 0 Å². The molecule has 0 radical (unpaired) electrons. The fourth-order valence-electron chi connectivity index (χ4n) is 1.21. The van der Waals surface area contributed by atoms with Crippen molar-refractivity contribution in [2.45, 2.75) is 13.3 Å². The Morgan fingerprint density at radius 3 is 2.71 bits per heavy atom. The molecule has 2 N–H and O–H groups in total. The minimum absolute atomic E-state index is 0.0496. The number of carboxylic acids is 1. The highest BCUT2D eigenvalue weighted by Gasteiger charge is 2.10. The number of nitriles is 1. The number of aliphatic carboxylic acids is 1. The summed E-state index contributed by atoms with van der Waals surface area (Å²) in [6, 6.07) is 4.80. The average molecular weight is 191 g/mol. The van der Waals surface area contributed by atoms with Crippen LogP contribution >= 0.6 is 0 Å². The van der Waals surface area contributed by atoms with Crippen LogP contribution < -0.4 is 0 Å². The van der Waals surface area contributed by atoms with Crippen molar-refractivity contribution in [1.29, 1.82) is 5.26 Å². The third kappa shape index (κ3) is 2.02. The Balaban J connectivity index is 3.21. The molecule has 0 fully saturated rings. The Morgan fingerprint density at radius 2 is 2.21 bits per heavy atom. The van der Waals surface area contributed by atoms with Crippen molar-refractivity contribution in [2.24, 2.45) is 0 Å². The number of carbonyl (C=O) groups is 1. The van der Waals surface area contributed by atoms with E-state index in [1.807, 2.05) is 6.07 Å². The fraction of sp³-hybridized carbons (Fsp3) is 0.200. The number of nitrogens with zero attached hydrogens (tertiary/aromatic N) is 1. The van der Waals surface area contributed by atoms with Gasteiger partial charge in [0.15, 0.2) is 0 Å². The van der Waals surface area contributed by atoms with E-state index in [1.54, 1.807) is 6.92 Å². The largest absolute Gasteiger partial charge is 0.507 e.